The lowest BCUT2D eigenvalue weighted by Crippen LogP contribution is -2.57. The molecule has 0 spiro atoms. The predicted molar refractivity (Wildman–Crippen MR) is 127 cm³/mol. The van der Waals surface area contributed by atoms with E-state index in [0.717, 1.165) is 57.9 Å². The number of furan rings is 1. The van der Waals surface area contributed by atoms with Gasteiger partial charge >= 0.3 is 0 Å². The number of fused-ring (bicyclic) bond motifs is 1. The molecule has 1 aromatic heterocycles. The topological polar surface area (TPSA) is 76.4 Å². The molecule has 0 aliphatic carbocycles. The van der Waals surface area contributed by atoms with E-state index in [1.165, 1.54) is 0 Å². The van der Waals surface area contributed by atoms with Crippen LogP contribution >= 0.6 is 0 Å². The monoisotopic (exact) mass is 433 g/mol. The van der Waals surface area contributed by atoms with Crippen molar-refractivity contribution in [1.29, 1.82) is 0 Å². The van der Waals surface area contributed by atoms with Gasteiger partial charge in [0, 0.05) is 31.1 Å². The van der Waals surface area contributed by atoms with Gasteiger partial charge in [0.2, 0.25) is 5.82 Å². The number of hydrogen-bond acceptors (Lipinski definition) is 4. The van der Waals surface area contributed by atoms with Crippen LogP contribution < -0.4 is 11.2 Å². The fourth-order valence-electron chi connectivity index (χ4n) is 4.25. The number of likely N-dealkylation sites (tertiary alicyclic amines) is 1. The van der Waals surface area contributed by atoms with E-state index in [2.05, 4.69) is 50.1 Å². The number of allylic oxidation sites excluding steroid dienone is 1. The van der Waals surface area contributed by atoms with Crippen molar-refractivity contribution in [3.05, 3.63) is 71.2 Å². The summed E-state index contributed by atoms with van der Waals surface area (Å²) in [6.07, 6.45) is 1.95. The number of nitrogens with one attached hydrogen (secondary N) is 1. The molecule has 0 saturated carbocycles. The van der Waals surface area contributed by atoms with Gasteiger partial charge in [-0.1, -0.05) is 26.0 Å². The zero-order chi connectivity index (χ0) is 23.0. The number of carbonyl (C=O) groups excluding carboxylic acids is 1. The maximum atomic E-state index is 12.7. The van der Waals surface area contributed by atoms with Crippen LogP contribution in [-0.2, 0) is 6.54 Å². The lowest BCUT2D eigenvalue weighted by molar-refractivity contribution is -0.335. The number of amides is 1. The van der Waals surface area contributed by atoms with E-state index >= 15 is 0 Å². The summed E-state index contributed by atoms with van der Waals surface area (Å²) in [4.78, 5) is 14.6. The summed E-state index contributed by atoms with van der Waals surface area (Å²) in [5.41, 5.74) is 12.4. The third kappa shape index (κ3) is 4.42. The zero-order valence-corrected chi connectivity index (χ0v) is 19.7. The average molecular weight is 434 g/mol. The Kier molecular flexibility index (Phi) is 5.84. The number of hydrogen-bond donors (Lipinski definition) is 2. The van der Waals surface area contributed by atoms with Gasteiger partial charge in [0.05, 0.1) is 6.54 Å². The number of carbonyl (C=O) groups is 1. The Morgan fingerprint density at radius 3 is 2.50 bits per heavy atom. The molecule has 6 nitrogen and oxygen atoms in total. The highest BCUT2D eigenvalue weighted by atomic mass is 16.3. The molecule has 0 bridgehead atoms. The standard InChI is InChI=1S/C26H32N4O2/c1-6-23(27)29(5)28-14-22-13-21-12-20(11-17(2)24(21)32-22)18-7-9-19(10-8-18)25(31)30-15-26(3,4)16-30/h6-13,28H,14-16,27H2,1-5H3/p+1. The number of benzene rings is 2. The molecule has 1 aliphatic rings. The molecule has 1 aliphatic heterocycles. The van der Waals surface area contributed by atoms with Crippen molar-refractivity contribution in [1.82, 2.24) is 15.3 Å². The first kappa shape index (κ1) is 22.1. The minimum atomic E-state index is 0.114. The highest BCUT2D eigenvalue weighted by Crippen LogP contribution is 2.32. The summed E-state index contributed by atoms with van der Waals surface area (Å²) < 4.78 is 6.09. The van der Waals surface area contributed by atoms with Crippen molar-refractivity contribution in [2.75, 3.05) is 20.1 Å². The zero-order valence-electron chi connectivity index (χ0n) is 19.7. The van der Waals surface area contributed by atoms with E-state index in [0.29, 0.717) is 6.54 Å². The van der Waals surface area contributed by atoms with Gasteiger partial charge in [0.15, 0.2) is 0 Å². The Morgan fingerprint density at radius 1 is 1.19 bits per heavy atom. The van der Waals surface area contributed by atoms with Gasteiger partial charge in [0.1, 0.15) is 11.3 Å². The van der Waals surface area contributed by atoms with E-state index < -0.39 is 0 Å². The van der Waals surface area contributed by atoms with Crippen LogP contribution in [0.1, 0.15) is 42.5 Å². The van der Waals surface area contributed by atoms with Gasteiger partial charge in [-0.05, 0) is 72.4 Å². The number of rotatable bonds is 6. The first-order valence-electron chi connectivity index (χ1n) is 11.1. The summed E-state index contributed by atoms with van der Waals surface area (Å²) in [5, 5.41) is 2.96. The highest BCUT2D eigenvalue weighted by molar-refractivity contribution is 5.95. The van der Waals surface area contributed by atoms with Gasteiger partial charge in [-0.3, -0.25) is 9.80 Å². The van der Waals surface area contributed by atoms with E-state index in [9.17, 15) is 4.79 Å². The third-order valence-corrected chi connectivity index (χ3v) is 6.10. The predicted octanol–water partition coefficient (Wildman–Crippen LogP) is 3.93. The molecule has 1 fully saturated rings. The first-order chi connectivity index (χ1) is 15.2. The van der Waals surface area contributed by atoms with Crippen LogP contribution in [0.4, 0.5) is 0 Å². The van der Waals surface area contributed by atoms with Crippen LogP contribution in [0.25, 0.3) is 22.1 Å². The molecule has 4 N–H and O–H groups in total. The van der Waals surface area contributed by atoms with Gasteiger partial charge < -0.3 is 15.1 Å². The van der Waals surface area contributed by atoms with Crippen molar-refractivity contribution >= 4 is 16.9 Å². The van der Waals surface area contributed by atoms with E-state index in [-0.39, 0.29) is 11.3 Å². The summed E-state index contributed by atoms with van der Waals surface area (Å²) in [6.45, 7) is 10.6. The molecule has 3 aromatic rings. The Labute approximate surface area is 189 Å². The third-order valence-electron chi connectivity index (χ3n) is 6.10. The van der Waals surface area contributed by atoms with Crippen molar-refractivity contribution in [2.45, 2.75) is 34.2 Å². The van der Waals surface area contributed by atoms with Crippen LogP contribution in [0.5, 0.6) is 0 Å². The Morgan fingerprint density at radius 2 is 1.88 bits per heavy atom. The van der Waals surface area contributed by atoms with Crippen LogP contribution in [0, 0.1) is 12.3 Å². The molecular formula is C26H33N4O2+. The van der Waals surface area contributed by atoms with Crippen LogP contribution in [0.2, 0.25) is 0 Å². The maximum Gasteiger partial charge on any atom is 0.253 e. The molecule has 0 atom stereocenters. The lowest BCUT2D eigenvalue weighted by Gasteiger charge is -2.45. The van der Waals surface area contributed by atoms with Crippen molar-refractivity contribution in [3.63, 3.8) is 0 Å². The molecule has 2 heterocycles. The molecule has 1 amide bonds. The van der Waals surface area contributed by atoms with E-state index in [1.807, 2.05) is 54.2 Å². The number of hydrazine groups is 1. The first-order valence-corrected chi connectivity index (χ1v) is 11.1. The SMILES string of the molecule is CC=C([NH3+])N(C)NCc1cc2cc(-c3ccc(C(=O)N4CC(C)(C)C4)cc3)cc(C)c2o1. The molecule has 0 unspecified atom stereocenters. The number of aryl methyl sites for hydroxylation is 1. The molecule has 2 aromatic carbocycles. The maximum absolute atomic E-state index is 12.7. The summed E-state index contributed by atoms with van der Waals surface area (Å²) in [7, 11) is 1.94. The highest BCUT2D eigenvalue weighted by Gasteiger charge is 2.37. The van der Waals surface area contributed by atoms with Crippen molar-refractivity contribution in [2.24, 2.45) is 5.41 Å². The summed E-state index contributed by atoms with van der Waals surface area (Å²) >= 11 is 0. The van der Waals surface area contributed by atoms with Crippen LogP contribution in [0.15, 0.2) is 58.8 Å². The quantitative estimate of drug-likeness (QED) is 0.578. The van der Waals surface area contributed by atoms with Crippen molar-refractivity contribution in [3.8, 4) is 11.1 Å². The molecule has 32 heavy (non-hydrogen) atoms. The Hall–Kier alpha value is -3.09. The second-order valence-corrected chi connectivity index (χ2v) is 9.50. The largest absolute Gasteiger partial charge is 0.459 e. The molecule has 1 saturated heterocycles. The van der Waals surface area contributed by atoms with Gasteiger partial charge in [-0.2, -0.15) is 0 Å². The molecule has 4 rings (SSSR count). The van der Waals surface area contributed by atoms with Crippen molar-refractivity contribution < 1.29 is 14.9 Å². The summed E-state index contributed by atoms with van der Waals surface area (Å²) in [6, 6.07) is 14.3. The fourth-order valence-corrected chi connectivity index (χ4v) is 4.25. The molecule has 168 valence electrons. The normalized spacial score (nSPS) is 15.7. The molecule has 0 radical (unpaired) electrons. The lowest BCUT2D eigenvalue weighted by atomic mass is 9.84. The second-order valence-electron chi connectivity index (χ2n) is 9.50. The van der Waals surface area contributed by atoms with Gasteiger partial charge in [-0.25, -0.2) is 5.43 Å². The van der Waals surface area contributed by atoms with E-state index in [1.54, 1.807) is 0 Å². The number of quaternary nitrogens is 1. The van der Waals surface area contributed by atoms with Gasteiger partial charge in [-0.15, -0.1) is 0 Å². The smallest absolute Gasteiger partial charge is 0.253 e. The summed E-state index contributed by atoms with van der Waals surface area (Å²) in [5.74, 6) is 1.89. The Balaban J connectivity index is 1.51. The minimum Gasteiger partial charge on any atom is -0.459 e. The van der Waals surface area contributed by atoms with Crippen LogP contribution in [-0.4, -0.2) is 36.0 Å². The molecule has 6 heteroatoms. The molecular weight excluding hydrogens is 400 g/mol. The fraction of sp³-hybridized carbons (Fsp3) is 0.346. The second kappa shape index (κ2) is 8.45. The van der Waals surface area contributed by atoms with Crippen LogP contribution in [0.3, 0.4) is 0 Å². The Bertz CT molecular complexity index is 1170. The average Bonchev–Trinajstić information content (AvgIpc) is 3.18. The minimum absolute atomic E-state index is 0.114. The number of nitrogens with zero attached hydrogens (tertiary/aromatic N) is 2. The van der Waals surface area contributed by atoms with E-state index in [4.69, 9.17) is 4.42 Å². The van der Waals surface area contributed by atoms with Gasteiger partial charge in [0.25, 0.3) is 5.91 Å².